The Bertz CT molecular complexity index is 985. The van der Waals surface area contributed by atoms with Crippen molar-refractivity contribution in [2.45, 2.75) is 25.3 Å². The molecule has 1 atom stereocenters. The monoisotopic (exact) mass is 379 g/mol. The molecule has 1 unspecified atom stereocenters. The second kappa shape index (κ2) is 7.84. The van der Waals surface area contributed by atoms with Gasteiger partial charge in [0.1, 0.15) is 11.6 Å². The SMILES string of the molecule is O=C(O)C(Nc1cc(N2CCCCC2)nc2ccccc12)c1ccc(F)cc1. The van der Waals surface area contributed by atoms with E-state index in [1.165, 1.54) is 30.7 Å². The van der Waals surface area contributed by atoms with Crippen LogP contribution >= 0.6 is 0 Å². The average Bonchev–Trinajstić information content (AvgIpc) is 2.73. The van der Waals surface area contributed by atoms with Crippen molar-refractivity contribution in [2.75, 3.05) is 23.3 Å². The molecule has 0 radical (unpaired) electrons. The minimum atomic E-state index is -1.02. The number of aromatic nitrogens is 1. The highest BCUT2D eigenvalue weighted by Crippen LogP contribution is 2.31. The zero-order chi connectivity index (χ0) is 19.5. The first-order chi connectivity index (χ1) is 13.6. The lowest BCUT2D eigenvalue weighted by atomic mass is 10.1. The number of benzene rings is 2. The number of hydrogen-bond donors (Lipinski definition) is 2. The number of nitrogens with one attached hydrogen (secondary N) is 1. The summed E-state index contributed by atoms with van der Waals surface area (Å²) in [5, 5.41) is 13.8. The number of para-hydroxylation sites is 1. The van der Waals surface area contributed by atoms with E-state index in [-0.39, 0.29) is 0 Å². The summed E-state index contributed by atoms with van der Waals surface area (Å²) in [6, 6.07) is 14.2. The molecule has 4 rings (SSSR count). The lowest BCUT2D eigenvalue weighted by molar-refractivity contribution is -0.138. The van der Waals surface area contributed by atoms with Gasteiger partial charge in [-0.15, -0.1) is 0 Å². The van der Waals surface area contributed by atoms with Crippen LogP contribution in [-0.4, -0.2) is 29.1 Å². The maximum Gasteiger partial charge on any atom is 0.330 e. The van der Waals surface area contributed by atoms with E-state index in [0.29, 0.717) is 11.3 Å². The third-order valence-electron chi connectivity index (χ3n) is 5.13. The summed E-state index contributed by atoms with van der Waals surface area (Å²) >= 11 is 0. The van der Waals surface area contributed by atoms with Crippen molar-refractivity contribution in [1.29, 1.82) is 0 Å². The van der Waals surface area contributed by atoms with Gasteiger partial charge in [-0.25, -0.2) is 14.2 Å². The molecule has 2 aromatic carbocycles. The van der Waals surface area contributed by atoms with Gasteiger partial charge >= 0.3 is 5.97 Å². The van der Waals surface area contributed by atoms with Crippen LogP contribution < -0.4 is 10.2 Å². The van der Waals surface area contributed by atoms with Crippen molar-refractivity contribution in [1.82, 2.24) is 4.98 Å². The van der Waals surface area contributed by atoms with Crippen LogP contribution in [0.2, 0.25) is 0 Å². The number of rotatable bonds is 5. The van der Waals surface area contributed by atoms with Crippen molar-refractivity contribution in [3.8, 4) is 0 Å². The molecule has 1 aliphatic heterocycles. The van der Waals surface area contributed by atoms with Gasteiger partial charge in [-0.05, 0) is 43.0 Å². The Morgan fingerprint density at radius 1 is 1.07 bits per heavy atom. The summed E-state index contributed by atoms with van der Waals surface area (Å²) in [6.07, 6.45) is 3.48. The highest BCUT2D eigenvalue weighted by Gasteiger charge is 2.22. The Morgan fingerprint density at radius 3 is 2.50 bits per heavy atom. The van der Waals surface area contributed by atoms with Crippen molar-refractivity contribution in [2.24, 2.45) is 0 Å². The second-order valence-electron chi connectivity index (χ2n) is 7.06. The standard InChI is InChI=1S/C22H22FN3O2/c23-16-10-8-15(9-11-16)21(22(27)28)25-19-14-20(26-12-4-1-5-13-26)24-18-7-3-2-6-17(18)19/h2-3,6-11,14,21H,1,4-5,12-13H2,(H,24,25)(H,27,28). The molecule has 0 spiro atoms. The number of pyridine rings is 1. The summed E-state index contributed by atoms with van der Waals surface area (Å²) in [5.41, 5.74) is 2.02. The molecule has 0 aliphatic carbocycles. The molecular formula is C22H22FN3O2. The molecule has 0 amide bonds. The number of nitrogens with zero attached hydrogens (tertiary/aromatic N) is 2. The number of fused-ring (bicyclic) bond motifs is 1. The van der Waals surface area contributed by atoms with Gasteiger partial charge in [0.15, 0.2) is 6.04 Å². The molecule has 0 bridgehead atoms. The number of carboxylic acids is 1. The molecule has 0 saturated carbocycles. The van der Waals surface area contributed by atoms with Crippen molar-refractivity contribution in [3.63, 3.8) is 0 Å². The molecule has 2 heterocycles. The van der Waals surface area contributed by atoms with Gasteiger partial charge in [0.05, 0.1) is 5.52 Å². The zero-order valence-electron chi connectivity index (χ0n) is 15.4. The van der Waals surface area contributed by atoms with Crippen LogP contribution in [0, 0.1) is 5.82 Å². The van der Waals surface area contributed by atoms with E-state index in [9.17, 15) is 14.3 Å². The summed E-state index contributed by atoms with van der Waals surface area (Å²) in [4.78, 5) is 19.0. The third kappa shape index (κ3) is 3.76. The largest absolute Gasteiger partial charge is 0.479 e. The molecule has 1 fully saturated rings. The van der Waals surface area contributed by atoms with E-state index in [1.54, 1.807) is 0 Å². The lowest BCUT2D eigenvalue weighted by Gasteiger charge is -2.29. The first kappa shape index (κ1) is 18.2. The van der Waals surface area contributed by atoms with E-state index in [1.807, 2.05) is 30.3 Å². The van der Waals surface area contributed by atoms with Crippen molar-refractivity contribution >= 4 is 28.4 Å². The van der Waals surface area contributed by atoms with Gasteiger partial charge in [0.25, 0.3) is 0 Å². The van der Waals surface area contributed by atoms with Crippen LogP contribution in [0.3, 0.4) is 0 Å². The first-order valence-electron chi connectivity index (χ1n) is 9.51. The second-order valence-corrected chi connectivity index (χ2v) is 7.06. The van der Waals surface area contributed by atoms with Crippen molar-refractivity contribution < 1.29 is 14.3 Å². The molecular weight excluding hydrogens is 357 g/mol. The molecule has 28 heavy (non-hydrogen) atoms. The number of aliphatic carboxylic acids is 1. The van der Waals surface area contributed by atoms with Gasteiger partial charge < -0.3 is 15.3 Å². The normalized spacial score (nSPS) is 15.4. The number of carbonyl (C=O) groups is 1. The lowest BCUT2D eigenvalue weighted by Crippen LogP contribution is -2.30. The van der Waals surface area contributed by atoms with E-state index < -0.39 is 17.8 Å². The highest BCUT2D eigenvalue weighted by atomic mass is 19.1. The summed E-state index contributed by atoms with van der Waals surface area (Å²) in [6.45, 7) is 1.90. The van der Waals surface area contributed by atoms with E-state index in [2.05, 4.69) is 10.2 Å². The fourth-order valence-corrected chi connectivity index (χ4v) is 3.66. The topological polar surface area (TPSA) is 65.5 Å². The number of piperidine rings is 1. The Balaban J connectivity index is 1.75. The predicted octanol–water partition coefficient (Wildman–Crippen LogP) is 4.60. The smallest absolute Gasteiger partial charge is 0.330 e. The van der Waals surface area contributed by atoms with Gasteiger partial charge in [0, 0.05) is 30.2 Å². The van der Waals surface area contributed by atoms with Gasteiger partial charge in [-0.1, -0.05) is 30.3 Å². The van der Waals surface area contributed by atoms with Crippen LogP contribution in [0.5, 0.6) is 0 Å². The van der Waals surface area contributed by atoms with E-state index >= 15 is 0 Å². The van der Waals surface area contributed by atoms with Gasteiger partial charge in [-0.3, -0.25) is 0 Å². The zero-order valence-corrected chi connectivity index (χ0v) is 15.4. The fraction of sp³-hybridized carbons (Fsp3) is 0.273. The molecule has 5 nitrogen and oxygen atoms in total. The molecule has 2 N–H and O–H groups in total. The number of anilines is 2. The quantitative estimate of drug-likeness (QED) is 0.678. The Labute approximate surface area is 162 Å². The molecule has 144 valence electrons. The van der Waals surface area contributed by atoms with Crippen LogP contribution in [0.25, 0.3) is 10.9 Å². The average molecular weight is 379 g/mol. The predicted molar refractivity (Wildman–Crippen MR) is 108 cm³/mol. The molecule has 1 aliphatic rings. The fourth-order valence-electron chi connectivity index (χ4n) is 3.66. The molecule has 3 aromatic rings. The maximum absolute atomic E-state index is 13.3. The summed E-state index contributed by atoms with van der Waals surface area (Å²) in [7, 11) is 0. The molecule has 1 aromatic heterocycles. The third-order valence-corrected chi connectivity index (χ3v) is 5.13. The highest BCUT2D eigenvalue weighted by molar-refractivity contribution is 5.95. The van der Waals surface area contributed by atoms with Gasteiger partial charge in [0.2, 0.25) is 0 Å². The minimum absolute atomic E-state index is 0.394. The summed E-state index contributed by atoms with van der Waals surface area (Å²) < 4.78 is 13.3. The molecule has 1 saturated heterocycles. The van der Waals surface area contributed by atoms with Gasteiger partial charge in [-0.2, -0.15) is 0 Å². The number of carboxylic acid groups (broad SMARTS) is 1. The number of halogens is 1. The van der Waals surface area contributed by atoms with E-state index in [0.717, 1.165) is 42.7 Å². The van der Waals surface area contributed by atoms with Crippen LogP contribution in [0.4, 0.5) is 15.9 Å². The minimum Gasteiger partial charge on any atom is -0.479 e. The number of hydrogen-bond acceptors (Lipinski definition) is 4. The first-order valence-corrected chi connectivity index (χ1v) is 9.51. The molecule has 6 heteroatoms. The maximum atomic E-state index is 13.3. The van der Waals surface area contributed by atoms with Crippen molar-refractivity contribution in [3.05, 3.63) is 66.0 Å². The Morgan fingerprint density at radius 2 is 1.79 bits per heavy atom. The van der Waals surface area contributed by atoms with E-state index in [4.69, 9.17) is 4.98 Å². The Kier molecular flexibility index (Phi) is 5.10. The van der Waals surface area contributed by atoms with Crippen LogP contribution in [-0.2, 0) is 4.79 Å². The summed E-state index contributed by atoms with van der Waals surface area (Å²) in [5.74, 6) is -0.564. The Hall–Kier alpha value is -3.15. The van der Waals surface area contributed by atoms with Crippen LogP contribution in [0.1, 0.15) is 30.9 Å². The van der Waals surface area contributed by atoms with Crippen LogP contribution in [0.15, 0.2) is 54.6 Å².